The molecule has 0 saturated carbocycles. The van der Waals surface area contributed by atoms with Crippen LogP contribution in [0.1, 0.15) is 5.56 Å². The van der Waals surface area contributed by atoms with Crippen LogP contribution in [0.3, 0.4) is 0 Å². The molecule has 0 aliphatic rings. The van der Waals surface area contributed by atoms with Gasteiger partial charge >= 0.3 is 0 Å². The van der Waals surface area contributed by atoms with Gasteiger partial charge in [-0.25, -0.2) is 4.39 Å². The summed E-state index contributed by atoms with van der Waals surface area (Å²) in [4.78, 5) is 4.13. The maximum absolute atomic E-state index is 13.2. The zero-order valence-corrected chi connectivity index (χ0v) is 12.6. The molecule has 0 amide bonds. The molecule has 110 valence electrons. The molecule has 2 aromatic rings. The topological polar surface area (TPSA) is 55.1 Å². The standard InChI is InChI=1S/C14H11Cl2FN2O2/c1-20-12-2-10-11(19-6-8(5-18)14(10)16)3-13(12)21-7-9(17)4-15/h2-3,6,9H,4,7H2,1H3/t9-/m0/s1. The van der Waals surface area contributed by atoms with Gasteiger partial charge in [0.25, 0.3) is 0 Å². The van der Waals surface area contributed by atoms with Crippen LogP contribution in [0.4, 0.5) is 4.39 Å². The van der Waals surface area contributed by atoms with Gasteiger partial charge in [0.15, 0.2) is 11.5 Å². The van der Waals surface area contributed by atoms with E-state index in [1.165, 1.54) is 13.3 Å². The molecule has 0 N–H and O–H groups in total. The Morgan fingerprint density at radius 3 is 2.81 bits per heavy atom. The van der Waals surface area contributed by atoms with Gasteiger partial charge in [0.05, 0.1) is 29.1 Å². The number of methoxy groups -OCH3 is 1. The van der Waals surface area contributed by atoms with Gasteiger partial charge in [0.1, 0.15) is 18.8 Å². The number of ether oxygens (including phenoxy) is 2. The Hall–Kier alpha value is -1.77. The first-order valence-electron chi connectivity index (χ1n) is 5.99. The molecule has 1 aromatic heterocycles. The zero-order valence-electron chi connectivity index (χ0n) is 11.1. The van der Waals surface area contributed by atoms with Crippen molar-refractivity contribution in [1.29, 1.82) is 5.26 Å². The third-order valence-electron chi connectivity index (χ3n) is 2.80. The van der Waals surface area contributed by atoms with E-state index >= 15 is 0 Å². The lowest BCUT2D eigenvalue weighted by atomic mass is 10.1. The van der Waals surface area contributed by atoms with Gasteiger partial charge in [0.2, 0.25) is 0 Å². The molecule has 0 aliphatic heterocycles. The fraction of sp³-hybridized carbons (Fsp3) is 0.286. The second-order valence-electron chi connectivity index (χ2n) is 4.18. The highest BCUT2D eigenvalue weighted by atomic mass is 35.5. The summed E-state index contributed by atoms with van der Waals surface area (Å²) in [6, 6.07) is 5.15. The minimum Gasteiger partial charge on any atom is -0.493 e. The van der Waals surface area contributed by atoms with Gasteiger partial charge in [-0.1, -0.05) is 11.6 Å². The average Bonchev–Trinajstić information content (AvgIpc) is 2.52. The molecule has 4 nitrogen and oxygen atoms in total. The molecular formula is C14H11Cl2FN2O2. The van der Waals surface area contributed by atoms with E-state index in [4.69, 9.17) is 37.9 Å². The molecule has 0 spiro atoms. The Morgan fingerprint density at radius 1 is 1.43 bits per heavy atom. The zero-order chi connectivity index (χ0) is 15.4. The van der Waals surface area contributed by atoms with Crippen LogP contribution >= 0.6 is 23.2 Å². The van der Waals surface area contributed by atoms with Crippen molar-refractivity contribution in [2.24, 2.45) is 0 Å². The Labute approximate surface area is 131 Å². The number of rotatable bonds is 5. The molecule has 0 bridgehead atoms. The van der Waals surface area contributed by atoms with E-state index in [2.05, 4.69) is 4.98 Å². The van der Waals surface area contributed by atoms with Crippen molar-refractivity contribution < 1.29 is 13.9 Å². The van der Waals surface area contributed by atoms with Crippen molar-refractivity contribution in [3.63, 3.8) is 0 Å². The molecule has 1 atom stereocenters. The molecule has 0 saturated heterocycles. The second kappa shape index (κ2) is 6.79. The van der Waals surface area contributed by atoms with E-state index < -0.39 is 6.17 Å². The number of aromatic nitrogens is 1. The number of halogens is 3. The maximum Gasteiger partial charge on any atom is 0.163 e. The van der Waals surface area contributed by atoms with Crippen LogP contribution < -0.4 is 9.47 Å². The summed E-state index contributed by atoms with van der Waals surface area (Å²) < 4.78 is 23.7. The van der Waals surface area contributed by atoms with Gasteiger partial charge in [-0.2, -0.15) is 5.26 Å². The minimum absolute atomic E-state index is 0.147. The molecule has 2 rings (SSSR count). The van der Waals surface area contributed by atoms with E-state index in [9.17, 15) is 4.39 Å². The number of benzene rings is 1. The quantitative estimate of drug-likeness (QED) is 0.785. The molecule has 0 radical (unpaired) electrons. The molecule has 0 unspecified atom stereocenters. The smallest absolute Gasteiger partial charge is 0.163 e. The molecule has 0 aliphatic carbocycles. The van der Waals surface area contributed by atoms with E-state index in [0.717, 1.165) is 0 Å². The summed E-state index contributed by atoms with van der Waals surface area (Å²) in [5.41, 5.74) is 0.793. The summed E-state index contributed by atoms with van der Waals surface area (Å²) in [7, 11) is 1.46. The molecule has 21 heavy (non-hydrogen) atoms. The number of nitrogens with zero attached hydrogens (tertiary/aromatic N) is 2. The highest BCUT2D eigenvalue weighted by Crippen LogP contribution is 2.35. The van der Waals surface area contributed by atoms with Crippen molar-refractivity contribution >= 4 is 34.1 Å². The minimum atomic E-state index is -1.27. The van der Waals surface area contributed by atoms with E-state index in [0.29, 0.717) is 22.4 Å². The normalized spacial score (nSPS) is 12.0. The highest BCUT2D eigenvalue weighted by molar-refractivity contribution is 6.36. The fourth-order valence-electron chi connectivity index (χ4n) is 1.74. The van der Waals surface area contributed by atoms with Crippen LogP contribution in [0.15, 0.2) is 18.3 Å². The SMILES string of the molecule is COc1cc2c(Cl)c(C#N)cnc2cc1OC[C@@H](F)CCl. The lowest BCUT2D eigenvalue weighted by Crippen LogP contribution is -2.14. The van der Waals surface area contributed by atoms with Crippen LogP contribution in [0.2, 0.25) is 5.02 Å². The van der Waals surface area contributed by atoms with Gasteiger partial charge in [0, 0.05) is 17.6 Å². The number of fused-ring (bicyclic) bond motifs is 1. The summed E-state index contributed by atoms with van der Waals surface area (Å²) in [5.74, 6) is 0.569. The Morgan fingerprint density at radius 2 is 2.19 bits per heavy atom. The number of hydrogen-bond acceptors (Lipinski definition) is 4. The van der Waals surface area contributed by atoms with E-state index in [1.807, 2.05) is 6.07 Å². The Bertz CT molecular complexity index is 703. The van der Waals surface area contributed by atoms with Crippen LogP contribution in [0.5, 0.6) is 11.5 Å². The number of nitriles is 1. The lowest BCUT2D eigenvalue weighted by molar-refractivity contribution is 0.206. The first-order chi connectivity index (χ1) is 10.1. The molecular weight excluding hydrogens is 318 g/mol. The van der Waals surface area contributed by atoms with Gasteiger partial charge in [-0.15, -0.1) is 11.6 Å². The van der Waals surface area contributed by atoms with Crippen LogP contribution in [0, 0.1) is 11.3 Å². The summed E-state index contributed by atoms with van der Waals surface area (Å²) in [5, 5.41) is 9.80. The van der Waals surface area contributed by atoms with Gasteiger partial charge < -0.3 is 9.47 Å². The lowest BCUT2D eigenvalue weighted by Gasteiger charge is -2.13. The first kappa shape index (κ1) is 15.6. The van der Waals surface area contributed by atoms with Crippen LogP contribution in [-0.2, 0) is 0 Å². The van der Waals surface area contributed by atoms with Crippen molar-refractivity contribution in [3.8, 4) is 17.6 Å². The maximum atomic E-state index is 13.2. The third kappa shape index (κ3) is 3.29. The predicted octanol–water partition coefficient (Wildman–Crippen LogP) is 3.72. The predicted molar refractivity (Wildman–Crippen MR) is 79.1 cm³/mol. The average molecular weight is 329 g/mol. The monoisotopic (exact) mass is 328 g/mol. The molecule has 1 aromatic carbocycles. The Kier molecular flexibility index (Phi) is 5.05. The largest absolute Gasteiger partial charge is 0.493 e. The van der Waals surface area contributed by atoms with Gasteiger partial charge in [-0.3, -0.25) is 4.98 Å². The van der Waals surface area contributed by atoms with Crippen LogP contribution in [0.25, 0.3) is 10.9 Å². The van der Waals surface area contributed by atoms with Crippen LogP contribution in [-0.4, -0.2) is 30.8 Å². The second-order valence-corrected chi connectivity index (χ2v) is 4.87. The Balaban J connectivity index is 2.46. The summed E-state index contributed by atoms with van der Waals surface area (Å²) >= 11 is 11.5. The summed E-state index contributed by atoms with van der Waals surface area (Å²) in [6.07, 6.45) is 0.0991. The molecule has 7 heteroatoms. The van der Waals surface area contributed by atoms with Crippen molar-refractivity contribution in [2.75, 3.05) is 19.6 Å². The van der Waals surface area contributed by atoms with Gasteiger partial charge in [-0.05, 0) is 6.07 Å². The van der Waals surface area contributed by atoms with E-state index in [1.54, 1.807) is 12.1 Å². The molecule has 0 fully saturated rings. The van der Waals surface area contributed by atoms with E-state index in [-0.39, 0.29) is 23.1 Å². The fourth-order valence-corrected chi connectivity index (χ4v) is 2.07. The highest BCUT2D eigenvalue weighted by Gasteiger charge is 2.14. The van der Waals surface area contributed by atoms with Crippen molar-refractivity contribution in [2.45, 2.75) is 6.17 Å². The van der Waals surface area contributed by atoms with Crippen molar-refractivity contribution in [3.05, 3.63) is 28.9 Å². The number of pyridine rings is 1. The number of hydrogen-bond donors (Lipinski definition) is 0. The van der Waals surface area contributed by atoms with Crippen molar-refractivity contribution in [1.82, 2.24) is 4.98 Å². The number of alkyl halides is 2. The summed E-state index contributed by atoms with van der Waals surface area (Å²) in [6.45, 7) is -0.185. The molecule has 1 heterocycles. The third-order valence-corrected chi connectivity index (χ3v) is 3.54. The first-order valence-corrected chi connectivity index (χ1v) is 6.91.